The molecule has 15 heavy (non-hydrogen) atoms. The summed E-state index contributed by atoms with van der Waals surface area (Å²) in [6.45, 7) is 6.52. The van der Waals surface area contributed by atoms with Gasteiger partial charge >= 0.3 is 0 Å². The van der Waals surface area contributed by atoms with Gasteiger partial charge in [-0.3, -0.25) is 0 Å². The van der Waals surface area contributed by atoms with Crippen LogP contribution in [0.4, 0.5) is 4.39 Å². The molecular weight excluding hydrogens is 273 g/mol. The fourth-order valence-corrected chi connectivity index (χ4v) is 6.34. The van der Waals surface area contributed by atoms with Crippen LogP contribution in [0.5, 0.6) is 0 Å². The van der Waals surface area contributed by atoms with E-state index >= 15 is 0 Å². The number of halogens is 2. The zero-order valence-corrected chi connectivity index (χ0v) is 12.1. The Bertz CT molecular complexity index is 331. The molecule has 1 aromatic heterocycles. The maximum Gasteiger partial charge on any atom is 0.140 e. The van der Waals surface area contributed by atoms with Crippen LogP contribution < -0.4 is 5.19 Å². The molecular formula is C11H17BrFNSi. The maximum absolute atomic E-state index is 13.8. The second-order valence-corrected chi connectivity index (χ2v) is 9.86. The minimum absolute atomic E-state index is 0.129. The van der Waals surface area contributed by atoms with Crippen molar-refractivity contribution in [2.75, 3.05) is 0 Å². The van der Waals surface area contributed by atoms with E-state index in [1.165, 1.54) is 6.20 Å². The predicted molar refractivity (Wildman–Crippen MR) is 68.7 cm³/mol. The lowest BCUT2D eigenvalue weighted by Crippen LogP contribution is -2.47. The van der Waals surface area contributed by atoms with Crippen molar-refractivity contribution in [3.05, 3.63) is 22.7 Å². The molecule has 0 radical (unpaired) electrons. The highest BCUT2D eigenvalue weighted by Gasteiger charge is 2.32. The Morgan fingerprint density at radius 3 is 2.27 bits per heavy atom. The van der Waals surface area contributed by atoms with Gasteiger partial charge in [-0.1, -0.05) is 38.9 Å². The summed E-state index contributed by atoms with van der Waals surface area (Å²) >= 11 is 3.32. The molecule has 0 aromatic carbocycles. The Balaban J connectivity index is 3.27. The first-order chi connectivity index (χ1) is 7.09. The average Bonchev–Trinajstić information content (AvgIpc) is 2.26. The second kappa shape index (κ2) is 5.21. The van der Waals surface area contributed by atoms with Crippen LogP contribution >= 0.6 is 15.9 Å². The van der Waals surface area contributed by atoms with Gasteiger partial charge in [0.25, 0.3) is 0 Å². The standard InChI is InChI=1S/C11H17BrFNSi/c1-4-15(5-2,6-3)10-7-11(12)14-8-9(10)13/h7-8H,4-6H2,1-3H3. The first-order valence-corrected chi connectivity index (χ1v) is 8.82. The van der Waals surface area contributed by atoms with Crippen molar-refractivity contribution < 1.29 is 4.39 Å². The maximum atomic E-state index is 13.8. The molecule has 0 spiro atoms. The van der Waals surface area contributed by atoms with Gasteiger partial charge in [0, 0.05) is 0 Å². The van der Waals surface area contributed by atoms with Crippen molar-refractivity contribution in [3.63, 3.8) is 0 Å². The molecule has 1 aromatic rings. The van der Waals surface area contributed by atoms with Gasteiger partial charge in [-0.25, -0.2) is 9.37 Å². The van der Waals surface area contributed by atoms with Crippen molar-refractivity contribution in [2.24, 2.45) is 0 Å². The highest BCUT2D eigenvalue weighted by molar-refractivity contribution is 9.10. The summed E-state index contributed by atoms with van der Waals surface area (Å²) < 4.78 is 14.5. The van der Waals surface area contributed by atoms with E-state index in [2.05, 4.69) is 41.7 Å². The third-order valence-corrected chi connectivity index (χ3v) is 9.44. The molecule has 1 nitrogen and oxygen atoms in total. The fourth-order valence-electron chi connectivity index (χ4n) is 2.14. The lowest BCUT2D eigenvalue weighted by molar-refractivity contribution is 0.627. The van der Waals surface area contributed by atoms with Crippen LogP contribution in [0, 0.1) is 5.82 Å². The summed E-state index contributed by atoms with van der Waals surface area (Å²) in [5.41, 5.74) is 0. The summed E-state index contributed by atoms with van der Waals surface area (Å²) in [6.07, 6.45) is 1.34. The Hall–Kier alpha value is -0.223. The Kier molecular flexibility index (Phi) is 4.46. The van der Waals surface area contributed by atoms with Crippen LogP contribution in [-0.2, 0) is 0 Å². The van der Waals surface area contributed by atoms with Crippen molar-refractivity contribution >= 4 is 29.2 Å². The third-order valence-electron chi connectivity index (χ3n) is 3.42. The van der Waals surface area contributed by atoms with Crippen molar-refractivity contribution in [2.45, 2.75) is 38.9 Å². The van der Waals surface area contributed by atoms with Crippen LogP contribution in [0.1, 0.15) is 20.8 Å². The molecule has 4 heteroatoms. The summed E-state index contributed by atoms with van der Waals surface area (Å²) in [6, 6.07) is 5.15. The molecule has 0 N–H and O–H groups in total. The van der Waals surface area contributed by atoms with Gasteiger partial charge in [0.2, 0.25) is 0 Å². The highest BCUT2D eigenvalue weighted by atomic mass is 79.9. The van der Waals surface area contributed by atoms with Crippen LogP contribution in [0.15, 0.2) is 16.9 Å². The van der Waals surface area contributed by atoms with E-state index in [4.69, 9.17) is 0 Å². The van der Waals surface area contributed by atoms with Gasteiger partial charge in [0.15, 0.2) is 0 Å². The normalized spacial score (nSPS) is 11.8. The number of aromatic nitrogens is 1. The van der Waals surface area contributed by atoms with E-state index < -0.39 is 8.07 Å². The molecule has 0 aliphatic heterocycles. The van der Waals surface area contributed by atoms with E-state index in [-0.39, 0.29) is 5.82 Å². The molecule has 1 heterocycles. The minimum Gasteiger partial charge on any atom is -0.246 e. The molecule has 0 saturated carbocycles. The number of hydrogen-bond donors (Lipinski definition) is 0. The first-order valence-electron chi connectivity index (χ1n) is 5.41. The molecule has 0 saturated heterocycles. The van der Waals surface area contributed by atoms with Crippen molar-refractivity contribution in [1.82, 2.24) is 4.98 Å². The monoisotopic (exact) mass is 289 g/mol. The molecule has 0 unspecified atom stereocenters. The zero-order chi connectivity index (χ0) is 11.5. The number of hydrogen-bond acceptors (Lipinski definition) is 1. The summed E-state index contributed by atoms with van der Waals surface area (Å²) in [7, 11) is -1.61. The quantitative estimate of drug-likeness (QED) is 0.608. The number of pyridine rings is 1. The molecule has 0 fully saturated rings. The molecule has 0 aliphatic carbocycles. The van der Waals surface area contributed by atoms with Crippen molar-refractivity contribution in [3.8, 4) is 0 Å². The Morgan fingerprint density at radius 2 is 1.80 bits per heavy atom. The molecule has 0 bridgehead atoms. The molecule has 0 atom stereocenters. The molecule has 0 aliphatic rings. The summed E-state index contributed by atoms with van der Waals surface area (Å²) in [4.78, 5) is 3.92. The highest BCUT2D eigenvalue weighted by Crippen LogP contribution is 2.22. The summed E-state index contributed by atoms with van der Waals surface area (Å²) in [5, 5.41) is 0.928. The van der Waals surface area contributed by atoms with Gasteiger partial charge in [-0.2, -0.15) is 0 Å². The molecule has 1 rings (SSSR count). The minimum atomic E-state index is -1.61. The second-order valence-electron chi connectivity index (χ2n) is 3.83. The van der Waals surface area contributed by atoms with Crippen LogP contribution in [0.25, 0.3) is 0 Å². The van der Waals surface area contributed by atoms with Gasteiger partial charge in [0.1, 0.15) is 10.4 Å². The molecule has 84 valence electrons. The SMILES string of the molecule is CC[Si](CC)(CC)c1cc(Br)ncc1F. The average molecular weight is 290 g/mol. The van der Waals surface area contributed by atoms with Crippen LogP contribution in [0.3, 0.4) is 0 Å². The van der Waals surface area contributed by atoms with E-state index in [1.54, 1.807) is 0 Å². The Morgan fingerprint density at radius 1 is 1.27 bits per heavy atom. The first kappa shape index (κ1) is 12.8. The fraction of sp³-hybridized carbons (Fsp3) is 0.545. The lowest BCUT2D eigenvalue weighted by Gasteiger charge is -2.28. The topological polar surface area (TPSA) is 12.9 Å². The van der Waals surface area contributed by atoms with Gasteiger partial charge in [0.05, 0.1) is 14.3 Å². The molecule has 0 amide bonds. The zero-order valence-electron chi connectivity index (χ0n) is 9.48. The van der Waals surface area contributed by atoms with E-state index in [0.29, 0.717) is 0 Å². The van der Waals surface area contributed by atoms with Gasteiger partial charge in [-0.15, -0.1) is 0 Å². The number of rotatable bonds is 4. The van der Waals surface area contributed by atoms with Crippen LogP contribution in [0.2, 0.25) is 18.1 Å². The van der Waals surface area contributed by atoms with E-state index in [9.17, 15) is 4.39 Å². The van der Waals surface area contributed by atoms with Gasteiger partial charge < -0.3 is 0 Å². The Labute approximate surface area is 100 Å². The summed E-state index contributed by atoms with van der Waals surface area (Å²) in [5.74, 6) is -0.129. The van der Waals surface area contributed by atoms with Crippen molar-refractivity contribution in [1.29, 1.82) is 0 Å². The smallest absolute Gasteiger partial charge is 0.140 e. The van der Waals surface area contributed by atoms with E-state index in [1.807, 2.05) is 6.07 Å². The van der Waals surface area contributed by atoms with E-state index in [0.717, 1.165) is 27.9 Å². The third kappa shape index (κ3) is 2.48. The number of nitrogens with zero attached hydrogens (tertiary/aromatic N) is 1. The lowest BCUT2D eigenvalue weighted by atomic mass is 10.5. The predicted octanol–water partition coefficient (Wildman–Crippen LogP) is 3.70. The largest absolute Gasteiger partial charge is 0.246 e. The van der Waals surface area contributed by atoms with Gasteiger partial charge in [-0.05, 0) is 27.2 Å². The van der Waals surface area contributed by atoms with Crippen LogP contribution in [-0.4, -0.2) is 13.1 Å².